The van der Waals surface area contributed by atoms with E-state index in [4.69, 9.17) is 28.9 Å². The Balaban J connectivity index is 1.79. The van der Waals surface area contributed by atoms with E-state index in [0.717, 1.165) is 5.56 Å². The predicted octanol–water partition coefficient (Wildman–Crippen LogP) is 4.19. The largest absolute Gasteiger partial charge is 0.480 e. The lowest BCUT2D eigenvalue weighted by atomic mass is 9.97. The molecule has 0 aromatic heterocycles. The van der Waals surface area contributed by atoms with Crippen molar-refractivity contribution >= 4 is 41.0 Å². The Morgan fingerprint density at radius 2 is 1.52 bits per heavy atom. The van der Waals surface area contributed by atoms with Crippen molar-refractivity contribution in [2.45, 2.75) is 12.5 Å². The number of amides is 2. The van der Waals surface area contributed by atoms with Gasteiger partial charge >= 0.3 is 5.97 Å². The molecule has 3 aromatic carbocycles. The lowest BCUT2D eigenvalue weighted by molar-refractivity contribution is -0.139. The Hall–Kier alpha value is -3.35. The quantitative estimate of drug-likeness (QED) is 0.494. The van der Waals surface area contributed by atoms with E-state index in [0.29, 0.717) is 16.7 Å². The lowest BCUT2D eigenvalue weighted by Gasteiger charge is -2.16. The molecule has 6 nitrogen and oxygen atoms in total. The van der Waals surface area contributed by atoms with Crippen molar-refractivity contribution in [2.75, 3.05) is 0 Å². The Bertz CT molecular complexity index is 1130. The number of aliphatic carboxylic acids is 1. The number of halogens is 2. The van der Waals surface area contributed by atoms with Crippen LogP contribution in [-0.2, 0) is 11.2 Å². The first-order chi connectivity index (χ1) is 14.8. The first kappa shape index (κ1) is 22.3. The molecule has 31 heavy (non-hydrogen) atoms. The molecule has 4 N–H and O–H groups in total. The molecule has 8 heteroatoms. The summed E-state index contributed by atoms with van der Waals surface area (Å²) in [4.78, 5) is 35.9. The van der Waals surface area contributed by atoms with E-state index < -0.39 is 23.8 Å². The van der Waals surface area contributed by atoms with Crippen LogP contribution in [0.1, 0.15) is 26.3 Å². The van der Waals surface area contributed by atoms with Crippen molar-refractivity contribution < 1.29 is 19.5 Å². The molecule has 1 atom stereocenters. The van der Waals surface area contributed by atoms with Crippen molar-refractivity contribution in [1.29, 1.82) is 0 Å². The summed E-state index contributed by atoms with van der Waals surface area (Å²) < 4.78 is 0. The first-order valence-electron chi connectivity index (χ1n) is 9.23. The molecule has 0 saturated carbocycles. The van der Waals surface area contributed by atoms with Gasteiger partial charge in [0.1, 0.15) is 6.04 Å². The zero-order valence-corrected chi connectivity index (χ0v) is 17.7. The fourth-order valence-electron chi connectivity index (χ4n) is 3.15. The van der Waals surface area contributed by atoms with Crippen molar-refractivity contribution in [3.63, 3.8) is 0 Å². The minimum atomic E-state index is -1.19. The number of nitrogens with two attached hydrogens (primary N) is 1. The van der Waals surface area contributed by atoms with Crippen LogP contribution in [0, 0.1) is 0 Å². The lowest BCUT2D eigenvalue weighted by Crippen LogP contribution is -2.42. The second-order valence-electron chi connectivity index (χ2n) is 6.77. The highest BCUT2D eigenvalue weighted by atomic mass is 35.5. The summed E-state index contributed by atoms with van der Waals surface area (Å²) >= 11 is 12.1. The van der Waals surface area contributed by atoms with Gasteiger partial charge in [-0.2, -0.15) is 0 Å². The van der Waals surface area contributed by atoms with Crippen molar-refractivity contribution in [3.8, 4) is 11.1 Å². The molecule has 0 heterocycles. The normalized spacial score (nSPS) is 11.5. The van der Waals surface area contributed by atoms with E-state index in [2.05, 4.69) is 5.32 Å². The van der Waals surface area contributed by atoms with Gasteiger partial charge in [-0.1, -0.05) is 71.7 Å². The fourth-order valence-corrected chi connectivity index (χ4v) is 3.72. The van der Waals surface area contributed by atoms with Crippen LogP contribution >= 0.6 is 23.2 Å². The maximum Gasteiger partial charge on any atom is 0.326 e. The highest BCUT2D eigenvalue weighted by Gasteiger charge is 2.24. The number of carboxylic acids is 1. The molecule has 158 valence electrons. The van der Waals surface area contributed by atoms with E-state index in [1.807, 2.05) is 0 Å². The average Bonchev–Trinajstić information content (AvgIpc) is 2.73. The van der Waals surface area contributed by atoms with Crippen molar-refractivity contribution in [2.24, 2.45) is 5.73 Å². The van der Waals surface area contributed by atoms with Crippen LogP contribution < -0.4 is 11.1 Å². The summed E-state index contributed by atoms with van der Waals surface area (Å²) in [7, 11) is 0. The maximum atomic E-state index is 12.5. The minimum Gasteiger partial charge on any atom is -0.480 e. The molecule has 0 fully saturated rings. The minimum absolute atomic E-state index is 0.0236. The van der Waals surface area contributed by atoms with Gasteiger partial charge in [0.2, 0.25) is 5.91 Å². The number of hydrogen-bond acceptors (Lipinski definition) is 3. The number of benzene rings is 3. The van der Waals surface area contributed by atoms with Crippen LogP contribution in [0.4, 0.5) is 0 Å². The Labute approximate surface area is 188 Å². The molecular formula is C23H18Cl2N2O4. The zero-order chi connectivity index (χ0) is 22.5. The molecule has 0 radical (unpaired) electrons. The first-order valence-corrected chi connectivity index (χ1v) is 9.99. The molecule has 0 bridgehead atoms. The topological polar surface area (TPSA) is 109 Å². The van der Waals surface area contributed by atoms with Crippen LogP contribution in [0.5, 0.6) is 0 Å². The van der Waals surface area contributed by atoms with Crippen LogP contribution in [0.3, 0.4) is 0 Å². The molecule has 3 rings (SSSR count). The number of carboxylic acid groups (broad SMARTS) is 1. The summed E-state index contributed by atoms with van der Waals surface area (Å²) in [6.07, 6.45) is 0.0426. The van der Waals surface area contributed by atoms with Gasteiger partial charge in [-0.15, -0.1) is 0 Å². The number of carbonyl (C=O) groups is 3. The van der Waals surface area contributed by atoms with E-state index in [1.165, 1.54) is 12.1 Å². The number of hydrogen-bond donors (Lipinski definition) is 3. The van der Waals surface area contributed by atoms with Crippen LogP contribution in [0.2, 0.25) is 10.0 Å². The third-order valence-corrected chi connectivity index (χ3v) is 5.32. The summed E-state index contributed by atoms with van der Waals surface area (Å²) in [5.41, 5.74) is 7.97. The van der Waals surface area contributed by atoms with Gasteiger partial charge in [-0.05, 0) is 34.9 Å². The fraction of sp³-hybridized carbons (Fsp3) is 0.0870. The molecule has 0 aliphatic carbocycles. The van der Waals surface area contributed by atoms with Gasteiger partial charge in [-0.25, -0.2) is 4.79 Å². The summed E-state index contributed by atoms with van der Waals surface area (Å²) in [6, 6.07) is 17.3. The van der Waals surface area contributed by atoms with Gasteiger partial charge < -0.3 is 16.2 Å². The SMILES string of the molecule is NC(=O)c1ccccc1-c1ccc(C[C@H](NC(=O)c2c(Cl)cccc2Cl)C(=O)O)cc1. The monoisotopic (exact) mass is 456 g/mol. The van der Waals surface area contributed by atoms with Gasteiger partial charge in [0.25, 0.3) is 5.91 Å². The molecule has 0 spiro atoms. The van der Waals surface area contributed by atoms with Gasteiger partial charge in [0, 0.05) is 12.0 Å². The number of primary amides is 1. The molecule has 0 saturated heterocycles. The Morgan fingerprint density at radius 1 is 0.903 bits per heavy atom. The molecule has 2 amide bonds. The number of carbonyl (C=O) groups excluding carboxylic acids is 2. The molecule has 3 aromatic rings. The third-order valence-electron chi connectivity index (χ3n) is 4.69. The molecule has 0 aliphatic rings. The van der Waals surface area contributed by atoms with E-state index in [1.54, 1.807) is 54.6 Å². The second-order valence-corrected chi connectivity index (χ2v) is 7.59. The van der Waals surface area contributed by atoms with Crippen molar-refractivity contribution in [1.82, 2.24) is 5.32 Å². The second kappa shape index (κ2) is 9.64. The number of rotatable bonds is 7. The Kier molecular flexibility index (Phi) is 6.95. The average molecular weight is 457 g/mol. The van der Waals surface area contributed by atoms with E-state index in [9.17, 15) is 19.5 Å². The van der Waals surface area contributed by atoms with Crippen LogP contribution in [0.15, 0.2) is 66.7 Å². The molecular weight excluding hydrogens is 439 g/mol. The van der Waals surface area contributed by atoms with Crippen LogP contribution in [-0.4, -0.2) is 28.9 Å². The molecule has 0 unspecified atom stereocenters. The Morgan fingerprint density at radius 3 is 2.10 bits per heavy atom. The highest BCUT2D eigenvalue weighted by Crippen LogP contribution is 2.25. The smallest absolute Gasteiger partial charge is 0.326 e. The summed E-state index contributed by atoms with van der Waals surface area (Å²) in [5.74, 6) is -2.40. The number of nitrogens with one attached hydrogen (secondary N) is 1. The van der Waals surface area contributed by atoms with Gasteiger partial charge in [-0.3, -0.25) is 9.59 Å². The standard InChI is InChI=1S/C23H18Cl2N2O4/c24-17-6-3-7-18(25)20(17)22(29)27-19(23(30)31)12-13-8-10-14(11-9-13)15-4-1-2-5-16(15)21(26)28/h1-11,19H,12H2,(H2,26,28)(H,27,29)(H,30,31)/t19-/m0/s1. The zero-order valence-electron chi connectivity index (χ0n) is 16.1. The van der Waals surface area contributed by atoms with Gasteiger partial charge in [0.15, 0.2) is 0 Å². The predicted molar refractivity (Wildman–Crippen MR) is 119 cm³/mol. The highest BCUT2D eigenvalue weighted by molar-refractivity contribution is 6.39. The van der Waals surface area contributed by atoms with Gasteiger partial charge in [0.05, 0.1) is 15.6 Å². The van der Waals surface area contributed by atoms with Crippen molar-refractivity contribution in [3.05, 3.63) is 93.5 Å². The van der Waals surface area contributed by atoms with E-state index >= 15 is 0 Å². The third kappa shape index (κ3) is 5.23. The van der Waals surface area contributed by atoms with Crippen LogP contribution in [0.25, 0.3) is 11.1 Å². The molecule has 0 aliphatic heterocycles. The van der Waals surface area contributed by atoms with E-state index in [-0.39, 0.29) is 22.0 Å². The maximum absolute atomic E-state index is 12.5. The summed E-state index contributed by atoms with van der Waals surface area (Å²) in [5, 5.41) is 12.3. The summed E-state index contributed by atoms with van der Waals surface area (Å²) in [6.45, 7) is 0.